The molecule has 2 heterocycles. The summed E-state index contributed by atoms with van der Waals surface area (Å²) < 4.78 is 10.2. The highest BCUT2D eigenvalue weighted by Gasteiger charge is 2.63. The fourth-order valence-electron chi connectivity index (χ4n) is 3.11. The van der Waals surface area contributed by atoms with E-state index < -0.39 is 54.7 Å². The molecule has 0 aromatic carbocycles. The van der Waals surface area contributed by atoms with Crippen molar-refractivity contribution < 1.29 is 39.8 Å². The van der Waals surface area contributed by atoms with Crippen LogP contribution in [0.1, 0.15) is 6.42 Å². The molecule has 0 aromatic heterocycles. The zero-order chi connectivity index (χ0) is 15.8. The molecule has 2 aliphatic rings. The van der Waals surface area contributed by atoms with Crippen molar-refractivity contribution >= 4 is 5.97 Å². The van der Waals surface area contributed by atoms with Gasteiger partial charge in [-0.2, -0.15) is 0 Å². The molecule has 2 fully saturated rings. The SMILES string of the molecule is COC(=O)[C@H]1NC(CO)C[C@]12OC(CO)[C@@H](O)C(O)C2O. The van der Waals surface area contributed by atoms with Gasteiger partial charge in [0.2, 0.25) is 0 Å². The van der Waals surface area contributed by atoms with Gasteiger partial charge in [-0.05, 0) is 6.42 Å². The van der Waals surface area contributed by atoms with Crippen molar-refractivity contribution in [3.63, 3.8) is 0 Å². The van der Waals surface area contributed by atoms with Crippen LogP contribution in [0.25, 0.3) is 0 Å². The minimum atomic E-state index is -1.60. The maximum Gasteiger partial charge on any atom is 0.326 e. The molecule has 2 aliphatic heterocycles. The Bertz CT molecular complexity index is 391. The van der Waals surface area contributed by atoms with E-state index in [4.69, 9.17) is 4.74 Å². The molecule has 9 heteroatoms. The second-order valence-electron chi connectivity index (χ2n) is 5.43. The average Bonchev–Trinajstić information content (AvgIpc) is 2.88. The number of hydrogen-bond acceptors (Lipinski definition) is 9. The number of ether oxygens (including phenoxy) is 2. The number of hydrogen-bond donors (Lipinski definition) is 6. The molecule has 0 aromatic rings. The van der Waals surface area contributed by atoms with Crippen LogP contribution in [-0.4, -0.2) is 93.9 Å². The maximum absolute atomic E-state index is 11.9. The van der Waals surface area contributed by atoms with Crippen LogP contribution < -0.4 is 5.32 Å². The molecule has 6 N–H and O–H groups in total. The summed E-state index contributed by atoms with van der Waals surface area (Å²) in [4.78, 5) is 11.9. The van der Waals surface area contributed by atoms with Crippen LogP contribution in [-0.2, 0) is 14.3 Å². The summed E-state index contributed by atoms with van der Waals surface area (Å²) in [5.41, 5.74) is -1.59. The van der Waals surface area contributed by atoms with Gasteiger partial charge in [-0.25, -0.2) is 0 Å². The minimum Gasteiger partial charge on any atom is -0.468 e. The summed E-state index contributed by atoms with van der Waals surface area (Å²) in [7, 11) is 1.16. The Kier molecular flexibility index (Phi) is 4.83. The van der Waals surface area contributed by atoms with Crippen molar-refractivity contribution in [2.75, 3.05) is 20.3 Å². The summed E-state index contributed by atoms with van der Waals surface area (Å²) in [5.74, 6) is -0.731. The Hall–Kier alpha value is -0.810. The van der Waals surface area contributed by atoms with Crippen LogP contribution in [0.5, 0.6) is 0 Å². The topological polar surface area (TPSA) is 149 Å². The number of carbonyl (C=O) groups excluding carboxylic acids is 1. The molecule has 4 unspecified atom stereocenters. The Labute approximate surface area is 121 Å². The number of rotatable bonds is 3. The van der Waals surface area contributed by atoms with E-state index in [1.165, 1.54) is 0 Å². The smallest absolute Gasteiger partial charge is 0.326 e. The predicted molar refractivity (Wildman–Crippen MR) is 67.1 cm³/mol. The summed E-state index contributed by atoms with van der Waals surface area (Å²) in [6, 6.07) is -1.68. The molecule has 7 atom stereocenters. The van der Waals surface area contributed by atoms with E-state index >= 15 is 0 Å². The van der Waals surface area contributed by atoms with Crippen LogP contribution in [0.4, 0.5) is 0 Å². The fourth-order valence-corrected chi connectivity index (χ4v) is 3.11. The summed E-state index contributed by atoms with van der Waals surface area (Å²) in [6.45, 7) is -0.905. The van der Waals surface area contributed by atoms with Gasteiger partial charge in [0.25, 0.3) is 0 Å². The minimum absolute atomic E-state index is 0.0186. The van der Waals surface area contributed by atoms with E-state index in [1.807, 2.05) is 0 Å². The van der Waals surface area contributed by atoms with E-state index in [0.717, 1.165) is 7.11 Å². The van der Waals surface area contributed by atoms with Crippen molar-refractivity contribution in [1.82, 2.24) is 5.32 Å². The number of nitrogens with one attached hydrogen (secondary N) is 1. The van der Waals surface area contributed by atoms with E-state index in [9.17, 15) is 30.3 Å². The van der Waals surface area contributed by atoms with Gasteiger partial charge in [-0.3, -0.25) is 10.1 Å². The molecule has 2 saturated heterocycles. The fraction of sp³-hybridized carbons (Fsp3) is 0.917. The van der Waals surface area contributed by atoms with Gasteiger partial charge in [0.1, 0.15) is 36.1 Å². The van der Waals surface area contributed by atoms with E-state index in [1.54, 1.807) is 0 Å². The first kappa shape index (κ1) is 16.6. The monoisotopic (exact) mass is 307 g/mol. The van der Waals surface area contributed by atoms with Gasteiger partial charge in [0, 0.05) is 6.04 Å². The molecular formula is C12H21NO8. The lowest BCUT2D eigenvalue weighted by atomic mass is 9.79. The highest BCUT2D eigenvalue weighted by molar-refractivity contribution is 5.78. The van der Waals surface area contributed by atoms with Gasteiger partial charge in [0.15, 0.2) is 0 Å². The summed E-state index contributed by atoms with van der Waals surface area (Å²) >= 11 is 0. The van der Waals surface area contributed by atoms with Crippen molar-refractivity contribution in [1.29, 1.82) is 0 Å². The Morgan fingerprint density at radius 1 is 1.29 bits per heavy atom. The van der Waals surface area contributed by atoms with Crippen LogP contribution in [0, 0.1) is 0 Å². The van der Waals surface area contributed by atoms with E-state index in [2.05, 4.69) is 10.1 Å². The third-order valence-corrected chi connectivity index (χ3v) is 4.22. The Morgan fingerprint density at radius 2 is 1.95 bits per heavy atom. The molecule has 0 radical (unpaired) electrons. The zero-order valence-electron chi connectivity index (χ0n) is 11.5. The van der Waals surface area contributed by atoms with Crippen LogP contribution in [0.2, 0.25) is 0 Å². The summed E-state index contributed by atoms with van der Waals surface area (Å²) in [5, 5.41) is 51.3. The van der Waals surface area contributed by atoms with Crippen LogP contribution in [0.15, 0.2) is 0 Å². The number of aliphatic hydroxyl groups is 5. The van der Waals surface area contributed by atoms with Crippen molar-refractivity contribution in [2.45, 2.75) is 48.5 Å². The third-order valence-electron chi connectivity index (χ3n) is 4.22. The number of aliphatic hydroxyl groups excluding tert-OH is 5. The van der Waals surface area contributed by atoms with Gasteiger partial charge >= 0.3 is 5.97 Å². The van der Waals surface area contributed by atoms with Gasteiger partial charge in [-0.15, -0.1) is 0 Å². The van der Waals surface area contributed by atoms with Gasteiger partial charge < -0.3 is 35.0 Å². The second kappa shape index (κ2) is 6.13. The Morgan fingerprint density at radius 3 is 2.48 bits per heavy atom. The van der Waals surface area contributed by atoms with Crippen molar-refractivity contribution in [3.05, 3.63) is 0 Å². The molecule has 2 rings (SSSR count). The normalized spacial score (nSPS) is 46.8. The lowest BCUT2D eigenvalue weighted by molar-refractivity contribution is -0.276. The number of methoxy groups -OCH3 is 1. The van der Waals surface area contributed by atoms with Crippen LogP contribution in [0.3, 0.4) is 0 Å². The first-order valence-corrected chi connectivity index (χ1v) is 6.69. The summed E-state index contributed by atoms with van der Waals surface area (Å²) in [6.07, 6.45) is -5.80. The molecule has 0 saturated carbocycles. The second-order valence-corrected chi connectivity index (χ2v) is 5.43. The van der Waals surface area contributed by atoms with E-state index in [-0.39, 0.29) is 13.0 Å². The first-order chi connectivity index (χ1) is 9.91. The molecule has 0 amide bonds. The molecule has 9 nitrogen and oxygen atoms in total. The number of carbonyl (C=O) groups is 1. The van der Waals surface area contributed by atoms with Gasteiger partial charge in [0.05, 0.1) is 20.3 Å². The Balaban J connectivity index is 2.37. The third kappa shape index (κ3) is 2.55. The standard InChI is InChI=1S/C12H21NO8/c1-20-11(19)9-12(2-5(3-14)13-9)10(18)8(17)7(16)6(4-15)21-12/h5-10,13-18H,2-4H2,1H3/t5?,6?,7-,8?,9-,10?,12+/m1/s1. The molecule has 122 valence electrons. The molecule has 0 aliphatic carbocycles. The predicted octanol–water partition coefficient (Wildman–Crippen LogP) is -3.91. The molecule has 21 heavy (non-hydrogen) atoms. The van der Waals surface area contributed by atoms with Crippen molar-refractivity contribution in [2.24, 2.45) is 0 Å². The lowest BCUT2D eigenvalue weighted by Gasteiger charge is -2.48. The largest absolute Gasteiger partial charge is 0.468 e. The molecule has 1 spiro atoms. The van der Waals surface area contributed by atoms with Gasteiger partial charge in [-0.1, -0.05) is 0 Å². The quantitative estimate of drug-likeness (QED) is 0.288. The number of esters is 1. The maximum atomic E-state index is 11.9. The highest BCUT2D eigenvalue weighted by Crippen LogP contribution is 2.40. The molecular weight excluding hydrogens is 286 g/mol. The first-order valence-electron chi connectivity index (χ1n) is 6.69. The van der Waals surface area contributed by atoms with Crippen molar-refractivity contribution in [3.8, 4) is 0 Å². The van der Waals surface area contributed by atoms with Crippen LogP contribution >= 0.6 is 0 Å². The zero-order valence-corrected chi connectivity index (χ0v) is 11.5. The average molecular weight is 307 g/mol. The lowest BCUT2D eigenvalue weighted by Crippen LogP contribution is -2.70. The molecule has 0 bridgehead atoms. The highest BCUT2D eigenvalue weighted by atomic mass is 16.6. The van der Waals surface area contributed by atoms with E-state index in [0.29, 0.717) is 0 Å².